The van der Waals surface area contributed by atoms with Crippen LogP contribution in [0.3, 0.4) is 0 Å². The number of sulfonamides is 1. The first kappa shape index (κ1) is 23.4. The second kappa shape index (κ2) is 10.4. The number of aliphatic hydroxyl groups is 1. The van der Waals surface area contributed by atoms with E-state index in [9.17, 15) is 23.7 Å². The van der Waals surface area contributed by atoms with E-state index in [0.717, 1.165) is 17.4 Å². The van der Waals surface area contributed by atoms with E-state index >= 15 is 0 Å². The molecule has 0 aliphatic carbocycles. The van der Waals surface area contributed by atoms with Crippen molar-refractivity contribution in [3.63, 3.8) is 0 Å². The van der Waals surface area contributed by atoms with Crippen LogP contribution in [-0.4, -0.2) is 49.7 Å². The van der Waals surface area contributed by atoms with E-state index in [4.69, 9.17) is 4.74 Å². The number of hydrogen-bond donors (Lipinski definition) is 5. The van der Waals surface area contributed by atoms with Gasteiger partial charge in [0.2, 0.25) is 10.0 Å². The molecule has 0 radical (unpaired) electrons. The van der Waals surface area contributed by atoms with Crippen molar-refractivity contribution in [2.45, 2.75) is 6.10 Å². The number of aromatic hydroxyl groups is 2. The highest BCUT2D eigenvalue weighted by Crippen LogP contribution is 2.28. The third-order valence-corrected chi connectivity index (χ3v) is 5.21. The van der Waals surface area contributed by atoms with Crippen LogP contribution in [0.2, 0.25) is 0 Å². The quantitative estimate of drug-likeness (QED) is 0.233. The maximum absolute atomic E-state index is 11.4. The largest absolute Gasteiger partial charge is 0.508 e. The van der Waals surface area contributed by atoms with Crippen LogP contribution in [-0.2, 0) is 10.0 Å². The van der Waals surface area contributed by atoms with Gasteiger partial charge in [0.1, 0.15) is 23.9 Å². The van der Waals surface area contributed by atoms with Gasteiger partial charge in [0.25, 0.3) is 0 Å². The Kier molecular flexibility index (Phi) is 7.57. The van der Waals surface area contributed by atoms with Crippen LogP contribution in [0, 0.1) is 0 Å². The fourth-order valence-electron chi connectivity index (χ4n) is 3.07. The highest BCUT2D eigenvalue weighted by atomic mass is 32.2. The molecule has 0 fully saturated rings. The van der Waals surface area contributed by atoms with E-state index in [1.165, 1.54) is 18.2 Å². The summed E-state index contributed by atoms with van der Waals surface area (Å²) in [6, 6.07) is 18.8. The summed E-state index contributed by atoms with van der Waals surface area (Å²) in [5.41, 5.74) is 2.36. The SMILES string of the molecule is CS(=O)(=O)Nc1cc([C@@H](O)CNCCOc2ccc(-c3cccc(O)c3)cc2)ccc1O. The van der Waals surface area contributed by atoms with Crippen molar-refractivity contribution in [1.29, 1.82) is 0 Å². The van der Waals surface area contributed by atoms with Crippen molar-refractivity contribution in [3.8, 4) is 28.4 Å². The van der Waals surface area contributed by atoms with Crippen molar-refractivity contribution in [1.82, 2.24) is 5.32 Å². The van der Waals surface area contributed by atoms with Gasteiger partial charge in [-0.1, -0.05) is 30.3 Å². The van der Waals surface area contributed by atoms with Crippen molar-refractivity contribution < 1.29 is 28.5 Å². The highest BCUT2D eigenvalue weighted by molar-refractivity contribution is 7.92. The van der Waals surface area contributed by atoms with E-state index in [1.54, 1.807) is 18.2 Å². The van der Waals surface area contributed by atoms with Gasteiger partial charge in [0, 0.05) is 13.1 Å². The number of aliphatic hydroxyl groups excluding tert-OH is 1. The van der Waals surface area contributed by atoms with Gasteiger partial charge in [-0.15, -0.1) is 0 Å². The van der Waals surface area contributed by atoms with Crippen LogP contribution >= 0.6 is 0 Å². The molecule has 5 N–H and O–H groups in total. The standard InChI is InChI=1S/C23H26N2O6S/c1-32(29,30)25-21-14-18(7-10-22(21)27)23(28)15-24-11-12-31-20-8-5-16(6-9-20)17-3-2-4-19(26)13-17/h2-10,13-14,23-28H,11-12,15H2,1H3/t23-/m0/s1. The third kappa shape index (κ3) is 6.88. The van der Waals surface area contributed by atoms with E-state index in [0.29, 0.717) is 24.5 Å². The minimum atomic E-state index is -3.55. The van der Waals surface area contributed by atoms with Crippen LogP contribution in [0.25, 0.3) is 11.1 Å². The molecule has 1 atom stereocenters. The second-order valence-electron chi connectivity index (χ2n) is 7.29. The predicted octanol–water partition coefficient (Wildman–Crippen LogP) is 2.84. The lowest BCUT2D eigenvalue weighted by Gasteiger charge is -2.15. The lowest BCUT2D eigenvalue weighted by molar-refractivity contribution is 0.172. The Labute approximate surface area is 187 Å². The van der Waals surface area contributed by atoms with E-state index in [2.05, 4.69) is 10.0 Å². The normalized spacial score (nSPS) is 12.3. The van der Waals surface area contributed by atoms with Crippen LogP contribution < -0.4 is 14.8 Å². The first-order valence-corrected chi connectivity index (χ1v) is 11.8. The Hall–Kier alpha value is -3.27. The third-order valence-electron chi connectivity index (χ3n) is 4.62. The summed E-state index contributed by atoms with van der Waals surface area (Å²) in [6.07, 6.45) is 0.0919. The summed E-state index contributed by atoms with van der Waals surface area (Å²) in [5, 5.41) is 32.8. The molecule has 0 spiro atoms. The Bertz CT molecular complexity index is 1150. The number of rotatable bonds is 10. The molecule has 170 valence electrons. The molecule has 3 aromatic carbocycles. The minimum absolute atomic E-state index is 0.0153. The average molecular weight is 459 g/mol. The Balaban J connectivity index is 1.45. The molecular weight excluding hydrogens is 432 g/mol. The Morgan fingerprint density at radius 2 is 1.72 bits per heavy atom. The lowest BCUT2D eigenvalue weighted by Crippen LogP contribution is -2.26. The smallest absolute Gasteiger partial charge is 0.229 e. The summed E-state index contributed by atoms with van der Waals surface area (Å²) in [4.78, 5) is 0. The molecule has 0 amide bonds. The number of anilines is 1. The monoisotopic (exact) mass is 458 g/mol. The molecule has 0 unspecified atom stereocenters. The van der Waals surface area contributed by atoms with Crippen LogP contribution in [0.5, 0.6) is 17.2 Å². The summed E-state index contributed by atoms with van der Waals surface area (Å²) in [5.74, 6) is 0.695. The Morgan fingerprint density at radius 1 is 0.969 bits per heavy atom. The molecular formula is C23H26N2O6S. The van der Waals surface area contributed by atoms with Crippen LogP contribution in [0.4, 0.5) is 5.69 Å². The van der Waals surface area contributed by atoms with Gasteiger partial charge in [-0.2, -0.15) is 0 Å². The second-order valence-corrected chi connectivity index (χ2v) is 9.04. The first-order valence-electron chi connectivity index (χ1n) is 9.93. The molecule has 0 saturated carbocycles. The van der Waals surface area contributed by atoms with Crippen LogP contribution in [0.15, 0.2) is 66.7 Å². The molecule has 0 bridgehead atoms. The summed E-state index contributed by atoms with van der Waals surface area (Å²) in [6.45, 7) is 1.09. The molecule has 8 nitrogen and oxygen atoms in total. The zero-order valence-electron chi connectivity index (χ0n) is 17.5. The molecule has 32 heavy (non-hydrogen) atoms. The maximum atomic E-state index is 11.4. The van der Waals surface area contributed by atoms with Crippen LogP contribution in [0.1, 0.15) is 11.7 Å². The maximum Gasteiger partial charge on any atom is 0.229 e. The van der Waals surface area contributed by atoms with Crippen molar-refractivity contribution in [2.75, 3.05) is 30.7 Å². The molecule has 0 aromatic heterocycles. The molecule has 3 rings (SSSR count). The zero-order chi connectivity index (χ0) is 23.1. The summed E-state index contributed by atoms with van der Waals surface area (Å²) in [7, 11) is -3.55. The van der Waals surface area contributed by atoms with Gasteiger partial charge in [-0.25, -0.2) is 8.42 Å². The summed E-state index contributed by atoms with van der Waals surface area (Å²) >= 11 is 0. The van der Waals surface area contributed by atoms with Gasteiger partial charge in [-0.3, -0.25) is 4.72 Å². The van der Waals surface area contributed by atoms with Crippen molar-refractivity contribution >= 4 is 15.7 Å². The zero-order valence-corrected chi connectivity index (χ0v) is 18.3. The first-order chi connectivity index (χ1) is 15.2. The molecule has 0 heterocycles. The fraction of sp³-hybridized carbons (Fsp3) is 0.217. The lowest BCUT2D eigenvalue weighted by atomic mass is 10.1. The number of hydrogen-bond acceptors (Lipinski definition) is 7. The molecule has 0 aliphatic rings. The minimum Gasteiger partial charge on any atom is -0.508 e. The van der Waals surface area contributed by atoms with Gasteiger partial charge < -0.3 is 25.4 Å². The fourth-order valence-corrected chi connectivity index (χ4v) is 3.63. The molecule has 3 aromatic rings. The number of phenolic OH excluding ortho intramolecular Hbond substituents is 2. The number of nitrogens with one attached hydrogen (secondary N) is 2. The number of ether oxygens (including phenoxy) is 1. The van der Waals surface area contributed by atoms with E-state index in [-0.39, 0.29) is 23.7 Å². The predicted molar refractivity (Wildman–Crippen MR) is 123 cm³/mol. The topological polar surface area (TPSA) is 128 Å². The highest BCUT2D eigenvalue weighted by Gasteiger charge is 2.12. The van der Waals surface area contributed by atoms with E-state index in [1.807, 2.05) is 30.3 Å². The average Bonchev–Trinajstić information content (AvgIpc) is 2.74. The molecule has 0 aliphatic heterocycles. The Morgan fingerprint density at radius 3 is 2.41 bits per heavy atom. The van der Waals surface area contributed by atoms with Gasteiger partial charge in [-0.05, 0) is 53.1 Å². The molecule has 0 saturated heterocycles. The molecule has 9 heteroatoms. The van der Waals surface area contributed by atoms with Gasteiger partial charge in [0.15, 0.2) is 0 Å². The van der Waals surface area contributed by atoms with Crippen molar-refractivity contribution in [2.24, 2.45) is 0 Å². The number of benzene rings is 3. The van der Waals surface area contributed by atoms with Gasteiger partial charge >= 0.3 is 0 Å². The van der Waals surface area contributed by atoms with Crippen molar-refractivity contribution in [3.05, 3.63) is 72.3 Å². The van der Waals surface area contributed by atoms with E-state index < -0.39 is 16.1 Å². The number of phenols is 2. The summed E-state index contributed by atoms with van der Waals surface area (Å²) < 4.78 is 30.7. The van der Waals surface area contributed by atoms with Gasteiger partial charge in [0.05, 0.1) is 18.0 Å².